The van der Waals surface area contributed by atoms with Gasteiger partial charge in [0.2, 0.25) is 15.9 Å². The first-order chi connectivity index (χ1) is 14.3. The number of sulfonamides is 1. The van der Waals surface area contributed by atoms with E-state index < -0.39 is 15.4 Å². The molecule has 1 amide bonds. The second kappa shape index (κ2) is 7.77. The molecule has 0 radical (unpaired) electrons. The molecule has 1 saturated carbocycles. The molecule has 156 valence electrons. The minimum absolute atomic E-state index is 0.239. The fourth-order valence-electron chi connectivity index (χ4n) is 2.77. The lowest BCUT2D eigenvalue weighted by Crippen LogP contribution is -2.35. The van der Waals surface area contributed by atoms with E-state index in [1.54, 1.807) is 50.0 Å². The van der Waals surface area contributed by atoms with Crippen molar-refractivity contribution in [2.24, 2.45) is 0 Å². The highest BCUT2D eigenvalue weighted by molar-refractivity contribution is 7.93. The zero-order valence-corrected chi connectivity index (χ0v) is 18.1. The summed E-state index contributed by atoms with van der Waals surface area (Å²) in [7, 11) is -3.38. The average Bonchev–Trinajstić information content (AvgIpc) is 3.50. The summed E-state index contributed by atoms with van der Waals surface area (Å²) >= 11 is 1.18. The fraction of sp³-hybridized carbons (Fsp3) is 0.300. The topological polar surface area (TPSA) is 114 Å². The number of anilines is 2. The van der Waals surface area contributed by atoms with E-state index in [4.69, 9.17) is 0 Å². The summed E-state index contributed by atoms with van der Waals surface area (Å²) in [6, 6.07) is 7.32. The van der Waals surface area contributed by atoms with Gasteiger partial charge in [0.15, 0.2) is 5.13 Å². The van der Waals surface area contributed by atoms with Gasteiger partial charge in [-0.05, 0) is 38.8 Å². The summed E-state index contributed by atoms with van der Waals surface area (Å²) < 4.78 is 26.7. The van der Waals surface area contributed by atoms with Crippen LogP contribution >= 0.6 is 11.3 Å². The van der Waals surface area contributed by atoms with Crippen molar-refractivity contribution in [2.45, 2.75) is 37.4 Å². The minimum atomic E-state index is -3.38. The van der Waals surface area contributed by atoms with Crippen LogP contribution in [-0.4, -0.2) is 34.5 Å². The van der Waals surface area contributed by atoms with E-state index in [0.717, 1.165) is 11.3 Å². The number of amides is 1. The molecule has 2 heterocycles. The Morgan fingerprint density at radius 3 is 2.53 bits per heavy atom. The Kier molecular flexibility index (Phi) is 5.29. The van der Waals surface area contributed by atoms with Crippen molar-refractivity contribution in [2.75, 3.05) is 10.0 Å². The molecule has 0 atom stereocenters. The van der Waals surface area contributed by atoms with Crippen LogP contribution in [0.3, 0.4) is 0 Å². The summed E-state index contributed by atoms with van der Waals surface area (Å²) in [6.45, 7) is 3.51. The smallest absolute Gasteiger partial charge is 0.237 e. The monoisotopic (exact) mass is 443 g/mol. The molecule has 8 nitrogen and oxygen atoms in total. The Morgan fingerprint density at radius 1 is 1.17 bits per heavy atom. The van der Waals surface area contributed by atoms with Crippen molar-refractivity contribution in [1.82, 2.24) is 15.0 Å². The Morgan fingerprint density at radius 2 is 1.90 bits per heavy atom. The van der Waals surface area contributed by atoms with E-state index in [2.05, 4.69) is 25.0 Å². The number of aromatic nitrogens is 3. The van der Waals surface area contributed by atoms with Crippen molar-refractivity contribution in [3.8, 4) is 11.3 Å². The molecule has 0 spiro atoms. The van der Waals surface area contributed by atoms with Gasteiger partial charge in [-0.3, -0.25) is 19.5 Å². The number of thiazole rings is 1. The number of benzene rings is 1. The van der Waals surface area contributed by atoms with Crippen molar-refractivity contribution in [1.29, 1.82) is 0 Å². The van der Waals surface area contributed by atoms with Gasteiger partial charge in [-0.2, -0.15) is 0 Å². The number of hydrogen-bond donors (Lipinski definition) is 2. The van der Waals surface area contributed by atoms with E-state index in [0.29, 0.717) is 24.2 Å². The number of rotatable bonds is 7. The molecule has 1 aliphatic rings. The van der Waals surface area contributed by atoms with Gasteiger partial charge in [-0.15, -0.1) is 11.3 Å². The van der Waals surface area contributed by atoms with E-state index >= 15 is 0 Å². The quantitative estimate of drug-likeness (QED) is 0.578. The maximum atomic E-state index is 12.9. The molecule has 3 aromatic rings. The summed E-state index contributed by atoms with van der Waals surface area (Å²) in [5.41, 5.74) is 1.86. The van der Waals surface area contributed by atoms with Crippen molar-refractivity contribution < 1.29 is 13.2 Å². The molecule has 1 aromatic carbocycles. The van der Waals surface area contributed by atoms with Gasteiger partial charge in [0.05, 0.1) is 28.2 Å². The van der Waals surface area contributed by atoms with Gasteiger partial charge >= 0.3 is 0 Å². The zero-order valence-electron chi connectivity index (χ0n) is 16.5. The lowest BCUT2D eigenvalue weighted by molar-refractivity contribution is -0.120. The molecule has 2 aromatic heterocycles. The maximum absolute atomic E-state index is 12.9. The number of nitrogens with one attached hydrogen (secondary N) is 2. The summed E-state index contributed by atoms with van der Waals surface area (Å²) in [5.74, 6) is -0.239. The first kappa shape index (κ1) is 20.4. The molecule has 1 aliphatic carbocycles. The molecule has 4 rings (SSSR count). The third-order valence-electron chi connectivity index (χ3n) is 4.91. The second-order valence-corrected chi connectivity index (χ2v) is 10.5. The van der Waals surface area contributed by atoms with Crippen LogP contribution < -0.4 is 10.0 Å². The Labute approximate surface area is 178 Å². The largest absolute Gasteiger partial charge is 0.325 e. The molecular weight excluding hydrogens is 422 g/mol. The molecule has 0 bridgehead atoms. The summed E-state index contributed by atoms with van der Waals surface area (Å²) in [5, 5.41) is 4.56. The van der Waals surface area contributed by atoms with Gasteiger partial charge in [0.1, 0.15) is 0 Å². The number of hydrogen-bond acceptors (Lipinski definition) is 7. The lowest BCUT2D eigenvalue weighted by atomic mass is 9.89. The fourth-order valence-corrected chi connectivity index (χ4v) is 5.24. The van der Waals surface area contributed by atoms with Crippen LogP contribution in [0.15, 0.2) is 48.2 Å². The highest BCUT2D eigenvalue weighted by atomic mass is 32.2. The lowest BCUT2D eigenvalue weighted by Gasteiger charge is -2.21. The van der Waals surface area contributed by atoms with E-state index in [1.807, 2.05) is 12.1 Å². The van der Waals surface area contributed by atoms with Crippen molar-refractivity contribution in [3.05, 3.63) is 53.9 Å². The molecule has 10 heteroatoms. The third-order valence-corrected chi connectivity index (χ3v) is 7.62. The Balaban J connectivity index is 1.45. The van der Waals surface area contributed by atoms with Gasteiger partial charge in [0, 0.05) is 29.0 Å². The van der Waals surface area contributed by atoms with Crippen LogP contribution in [0.25, 0.3) is 11.3 Å². The maximum Gasteiger partial charge on any atom is 0.237 e. The van der Waals surface area contributed by atoms with Crippen LogP contribution in [0.4, 0.5) is 10.8 Å². The minimum Gasteiger partial charge on any atom is -0.325 e. The first-order valence-corrected chi connectivity index (χ1v) is 11.8. The van der Waals surface area contributed by atoms with Crippen molar-refractivity contribution in [3.63, 3.8) is 0 Å². The average molecular weight is 444 g/mol. The molecule has 2 N–H and O–H groups in total. The molecule has 1 fully saturated rings. The summed E-state index contributed by atoms with van der Waals surface area (Å²) in [6.07, 6.45) is 6.27. The van der Waals surface area contributed by atoms with Gasteiger partial charge in [-0.25, -0.2) is 13.4 Å². The molecular formula is C20H21N5O3S2. The van der Waals surface area contributed by atoms with E-state index in [9.17, 15) is 13.2 Å². The van der Waals surface area contributed by atoms with Gasteiger partial charge in [0.25, 0.3) is 0 Å². The van der Waals surface area contributed by atoms with Gasteiger partial charge in [-0.1, -0.05) is 12.1 Å². The second-order valence-electron chi connectivity index (χ2n) is 7.63. The molecule has 0 unspecified atom stereocenters. The zero-order chi connectivity index (χ0) is 21.4. The SMILES string of the molecule is CC(C)(C(=O)Nc1ccc(-c2cnccn2)cc1)c1csc(NS(=O)(=O)C2CC2)n1. The van der Waals surface area contributed by atoms with Gasteiger partial charge < -0.3 is 5.32 Å². The molecule has 0 saturated heterocycles. The number of carbonyl (C=O) groups excluding carboxylic acids is 1. The van der Waals surface area contributed by atoms with Crippen molar-refractivity contribution >= 4 is 38.1 Å². The summed E-state index contributed by atoms with van der Waals surface area (Å²) in [4.78, 5) is 25.5. The number of carbonyl (C=O) groups is 1. The Bertz CT molecular complexity index is 1150. The van der Waals surface area contributed by atoms with Crippen LogP contribution in [0.2, 0.25) is 0 Å². The van der Waals surface area contributed by atoms with E-state index in [-0.39, 0.29) is 16.3 Å². The standard InChI is InChI=1S/C20H21N5O3S2/c1-20(2,17-12-29-19(24-17)25-30(27,28)15-7-8-15)18(26)23-14-5-3-13(4-6-14)16-11-21-9-10-22-16/h3-6,9-12,15H,7-8H2,1-2H3,(H,23,26)(H,24,25). The van der Waals surface area contributed by atoms with Crippen LogP contribution in [0.5, 0.6) is 0 Å². The van der Waals surface area contributed by atoms with E-state index in [1.165, 1.54) is 11.3 Å². The predicted octanol–water partition coefficient (Wildman–Crippen LogP) is 3.42. The normalized spacial score (nSPS) is 14.3. The van der Waals surface area contributed by atoms with Crippen LogP contribution in [-0.2, 0) is 20.2 Å². The number of nitrogens with zero attached hydrogens (tertiary/aromatic N) is 3. The molecule has 30 heavy (non-hydrogen) atoms. The Hall–Kier alpha value is -2.85. The van der Waals surface area contributed by atoms with Crippen LogP contribution in [0.1, 0.15) is 32.4 Å². The predicted molar refractivity (Wildman–Crippen MR) is 117 cm³/mol. The van der Waals surface area contributed by atoms with Crippen LogP contribution in [0, 0.1) is 0 Å². The highest BCUT2D eigenvalue weighted by Gasteiger charge is 2.37. The first-order valence-electron chi connectivity index (χ1n) is 9.41. The third kappa shape index (κ3) is 4.34. The highest BCUT2D eigenvalue weighted by Crippen LogP contribution is 2.33. The molecule has 0 aliphatic heterocycles.